The van der Waals surface area contributed by atoms with E-state index in [9.17, 15) is 0 Å². The number of hydrogen-bond acceptors (Lipinski definition) is 3. The molecule has 4 N–H and O–H groups in total. The first-order valence-electron chi connectivity index (χ1n) is 4.81. The predicted octanol–water partition coefficient (Wildman–Crippen LogP) is 1.18. The molecule has 1 aromatic rings. The van der Waals surface area contributed by atoms with Crippen molar-refractivity contribution >= 4 is 0 Å². The molecule has 0 bridgehead atoms. The van der Waals surface area contributed by atoms with Gasteiger partial charge in [-0.15, -0.1) is 0 Å². The standard InChI is InChI=1S/C11H18N2O/c1-9(2)14-11(13,8-12)10-6-4-3-5-7-10/h3-7,9H,8,12-13H2,1-2H3. The van der Waals surface area contributed by atoms with Crippen LogP contribution in [0.25, 0.3) is 0 Å². The van der Waals surface area contributed by atoms with Crippen LogP contribution in [0.2, 0.25) is 0 Å². The molecule has 0 fully saturated rings. The van der Waals surface area contributed by atoms with Gasteiger partial charge in [0.15, 0.2) is 5.72 Å². The van der Waals surface area contributed by atoms with Gasteiger partial charge in [-0.1, -0.05) is 30.3 Å². The first kappa shape index (κ1) is 11.2. The largest absolute Gasteiger partial charge is 0.353 e. The second-order valence-corrected chi connectivity index (χ2v) is 3.63. The number of hydrogen-bond donors (Lipinski definition) is 2. The van der Waals surface area contributed by atoms with Crippen LogP contribution >= 0.6 is 0 Å². The molecular weight excluding hydrogens is 176 g/mol. The Kier molecular flexibility index (Phi) is 3.63. The lowest BCUT2D eigenvalue weighted by molar-refractivity contribution is -0.0754. The summed E-state index contributed by atoms with van der Waals surface area (Å²) in [6.07, 6.45) is 0.0590. The van der Waals surface area contributed by atoms with Gasteiger partial charge in [0.25, 0.3) is 0 Å². The second kappa shape index (κ2) is 4.55. The van der Waals surface area contributed by atoms with Gasteiger partial charge >= 0.3 is 0 Å². The van der Waals surface area contributed by atoms with Crippen molar-refractivity contribution in [1.82, 2.24) is 0 Å². The summed E-state index contributed by atoms with van der Waals surface area (Å²) in [7, 11) is 0. The molecule has 3 nitrogen and oxygen atoms in total. The minimum Gasteiger partial charge on any atom is -0.353 e. The molecule has 0 aliphatic carbocycles. The van der Waals surface area contributed by atoms with Crippen LogP contribution in [-0.4, -0.2) is 12.6 Å². The van der Waals surface area contributed by atoms with Crippen LogP contribution in [-0.2, 0) is 10.5 Å². The van der Waals surface area contributed by atoms with E-state index in [4.69, 9.17) is 16.2 Å². The van der Waals surface area contributed by atoms with Gasteiger partial charge in [0.1, 0.15) is 0 Å². The van der Waals surface area contributed by atoms with Crippen LogP contribution < -0.4 is 11.5 Å². The molecule has 1 rings (SSSR count). The summed E-state index contributed by atoms with van der Waals surface area (Å²) in [5.74, 6) is 0. The van der Waals surface area contributed by atoms with Gasteiger partial charge in [0.05, 0.1) is 6.10 Å². The summed E-state index contributed by atoms with van der Waals surface area (Å²) in [6.45, 7) is 4.16. The van der Waals surface area contributed by atoms with E-state index in [1.165, 1.54) is 0 Å². The molecule has 0 saturated carbocycles. The van der Waals surface area contributed by atoms with Crippen molar-refractivity contribution in [2.75, 3.05) is 6.54 Å². The van der Waals surface area contributed by atoms with Crippen molar-refractivity contribution in [3.8, 4) is 0 Å². The van der Waals surface area contributed by atoms with E-state index in [1.54, 1.807) is 0 Å². The van der Waals surface area contributed by atoms with Crippen molar-refractivity contribution in [3.05, 3.63) is 35.9 Å². The zero-order chi connectivity index (χ0) is 10.6. The Balaban J connectivity index is 2.90. The van der Waals surface area contributed by atoms with Crippen LogP contribution in [0, 0.1) is 0 Å². The fraction of sp³-hybridized carbons (Fsp3) is 0.455. The number of benzene rings is 1. The van der Waals surface area contributed by atoms with Gasteiger partial charge in [-0.2, -0.15) is 0 Å². The molecule has 0 spiro atoms. The first-order valence-corrected chi connectivity index (χ1v) is 4.81. The van der Waals surface area contributed by atoms with Crippen molar-refractivity contribution < 1.29 is 4.74 Å². The van der Waals surface area contributed by atoms with E-state index in [0.29, 0.717) is 0 Å². The molecule has 3 heteroatoms. The average Bonchev–Trinajstić information content (AvgIpc) is 2.18. The molecule has 14 heavy (non-hydrogen) atoms. The highest BCUT2D eigenvalue weighted by molar-refractivity contribution is 5.21. The summed E-state index contributed by atoms with van der Waals surface area (Å²) in [5, 5.41) is 0. The first-order chi connectivity index (χ1) is 6.58. The molecule has 1 unspecified atom stereocenters. The molecule has 0 aliphatic rings. The topological polar surface area (TPSA) is 61.3 Å². The molecule has 1 atom stereocenters. The fourth-order valence-corrected chi connectivity index (χ4v) is 1.37. The Hall–Kier alpha value is -0.900. The number of rotatable bonds is 4. The quantitative estimate of drug-likeness (QED) is 0.707. The lowest BCUT2D eigenvalue weighted by Gasteiger charge is -2.30. The van der Waals surface area contributed by atoms with Crippen LogP contribution in [0.4, 0.5) is 0 Å². The van der Waals surface area contributed by atoms with Gasteiger partial charge in [0.2, 0.25) is 0 Å². The van der Waals surface area contributed by atoms with E-state index < -0.39 is 5.72 Å². The van der Waals surface area contributed by atoms with Crippen LogP contribution in [0.3, 0.4) is 0 Å². The lowest BCUT2D eigenvalue weighted by Crippen LogP contribution is -2.48. The van der Waals surface area contributed by atoms with Crippen molar-refractivity contribution in [1.29, 1.82) is 0 Å². The third kappa shape index (κ3) is 2.54. The third-order valence-electron chi connectivity index (χ3n) is 2.01. The zero-order valence-electron chi connectivity index (χ0n) is 8.73. The van der Waals surface area contributed by atoms with E-state index in [2.05, 4.69) is 0 Å². The average molecular weight is 194 g/mol. The summed E-state index contributed by atoms with van der Waals surface area (Å²) < 4.78 is 5.63. The summed E-state index contributed by atoms with van der Waals surface area (Å²) >= 11 is 0. The summed E-state index contributed by atoms with van der Waals surface area (Å²) in [5.41, 5.74) is 11.8. The van der Waals surface area contributed by atoms with Gasteiger partial charge in [-0.05, 0) is 19.4 Å². The molecule has 0 aliphatic heterocycles. The predicted molar refractivity (Wildman–Crippen MR) is 57.6 cm³/mol. The molecule has 1 aromatic carbocycles. The smallest absolute Gasteiger partial charge is 0.155 e. The normalized spacial score (nSPS) is 15.5. The highest BCUT2D eigenvalue weighted by Crippen LogP contribution is 2.19. The van der Waals surface area contributed by atoms with Crippen molar-refractivity contribution in [2.45, 2.75) is 25.7 Å². The lowest BCUT2D eigenvalue weighted by atomic mass is 10.0. The molecular formula is C11H18N2O. The number of nitrogens with two attached hydrogens (primary N) is 2. The highest BCUT2D eigenvalue weighted by Gasteiger charge is 2.27. The molecule has 0 radical (unpaired) electrons. The van der Waals surface area contributed by atoms with E-state index in [1.807, 2.05) is 44.2 Å². The zero-order valence-corrected chi connectivity index (χ0v) is 8.73. The molecule has 0 aromatic heterocycles. The van der Waals surface area contributed by atoms with Gasteiger partial charge in [-0.25, -0.2) is 0 Å². The van der Waals surface area contributed by atoms with Crippen LogP contribution in [0.1, 0.15) is 19.4 Å². The van der Waals surface area contributed by atoms with Crippen LogP contribution in [0.5, 0.6) is 0 Å². The van der Waals surface area contributed by atoms with Crippen molar-refractivity contribution in [2.24, 2.45) is 11.5 Å². The summed E-state index contributed by atoms with van der Waals surface area (Å²) in [6, 6.07) is 9.65. The Morgan fingerprint density at radius 2 is 1.86 bits per heavy atom. The molecule has 78 valence electrons. The SMILES string of the molecule is CC(C)OC(N)(CN)c1ccccc1. The molecule has 0 saturated heterocycles. The Bertz CT molecular complexity index is 274. The maximum Gasteiger partial charge on any atom is 0.155 e. The Labute approximate surface area is 85.0 Å². The van der Waals surface area contributed by atoms with Gasteiger partial charge in [0, 0.05) is 6.54 Å². The maximum absolute atomic E-state index is 6.07. The fourth-order valence-electron chi connectivity index (χ4n) is 1.37. The van der Waals surface area contributed by atoms with Crippen LogP contribution in [0.15, 0.2) is 30.3 Å². The van der Waals surface area contributed by atoms with Gasteiger partial charge in [-0.3, -0.25) is 5.73 Å². The van der Waals surface area contributed by atoms with E-state index >= 15 is 0 Å². The monoisotopic (exact) mass is 194 g/mol. The van der Waals surface area contributed by atoms with E-state index in [-0.39, 0.29) is 12.6 Å². The summed E-state index contributed by atoms with van der Waals surface area (Å²) in [4.78, 5) is 0. The van der Waals surface area contributed by atoms with E-state index in [0.717, 1.165) is 5.56 Å². The minimum absolute atomic E-state index is 0.0590. The molecule has 0 heterocycles. The molecule has 0 amide bonds. The second-order valence-electron chi connectivity index (χ2n) is 3.63. The number of ether oxygens (including phenoxy) is 1. The Morgan fingerprint density at radius 1 is 1.29 bits per heavy atom. The maximum atomic E-state index is 6.07. The Morgan fingerprint density at radius 3 is 2.29 bits per heavy atom. The third-order valence-corrected chi connectivity index (χ3v) is 2.01. The van der Waals surface area contributed by atoms with Crippen molar-refractivity contribution in [3.63, 3.8) is 0 Å². The highest BCUT2D eigenvalue weighted by atomic mass is 16.5. The van der Waals surface area contributed by atoms with Gasteiger partial charge < -0.3 is 10.5 Å². The minimum atomic E-state index is -0.866.